The monoisotopic (exact) mass is 317 g/mol. The molecule has 0 saturated carbocycles. The van der Waals surface area contributed by atoms with Crippen molar-refractivity contribution < 1.29 is 14.3 Å². The first kappa shape index (κ1) is 16.2. The molecule has 1 aromatic heterocycles. The van der Waals surface area contributed by atoms with Crippen LogP contribution in [0.15, 0.2) is 35.7 Å². The zero-order valence-electron chi connectivity index (χ0n) is 12.9. The second-order valence-corrected chi connectivity index (χ2v) is 6.16. The van der Waals surface area contributed by atoms with E-state index in [1.807, 2.05) is 44.4 Å². The molecule has 1 aromatic carbocycles. The van der Waals surface area contributed by atoms with Gasteiger partial charge in [-0.25, -0.2) is 4.79 Å². The van der Waals surface area contributed by atoms with E-state index in [2.05, 4.69) is 5.32 Å². The molecule has 0 aliphatic rings. The first-order valence-corrected chi connectivity index (χ1v) is 7.92. The normalized spacial score (nSPS) is 11.8. The fourth-order valence-corrected chi connectivity index (χ4v) is 2.71. The van der Waals surface area contributed by atoms with Gasteiger partial charge < -0.3 is 10.1 Å². The molecule has 116 valence electrons. The molecule has 0 radical (unpaired) electrons. The van der Waals surface area contributed by atoms with Crippen LogP contribution in [0.3, 0.4) is 0 Å². The van der Waals surface area contributed by atoms with Crippen LogP contribution in [0, 0.1) is 13.8 Å². The predicted octanol–water partition coefficient (Wildman–Crippen LogP) is 3.40. The van der Waals surface area contributed by atoms with Crippen LogP contribution in [0.25, 0.3) is 0 Å². The Morgan fingerprint density at radius 2 is 2.00 bits per heavy atom. The Bertz CT molecular complexity index is 665. The van der Waals surface area contributed by atoms with Crippen LogP contribution in [0.5, 0.6) is 0 Å². The zero-order chi connectivity index (χ0) is 16.1. The number of aryl methyl sites for hydroxylation is 2. The molecule has 1 heterocycles. The Morgan fingerprint density at radius 3 is 2.64 bits per heavy atom. The summed E-state index contributed by atoms with van der Waals surface area (Å²) < 4.78 is 5.06. The third-order valence-corrected chi connectivity index (χ3v) is 4.48. The van der Waals surface area contributed by atoms with E-state index in [0.29, 0.717) is 5.56 Å². The molecule has 5 heteroatoms. The standard InChI is InChI=1S/C17H19NO3S/c1-11-6-7-14(9-12(11)2)17(20)21-10-16(19)18-13(3)15-5-4-8-22-15/h4-9,13H,10H2,1-3H3,(H,18,19)/t13-/m1/s1. The van der Waals surface area contributed by atoms with Crippen LogP contribution < -0.4 is 5.32 Å². The lowest BCUT2D eigenvalue weighted by molar-refractivity contribution is -0.124. The molecule has 0 saturated heterocycles. The van der Waals surface area contributed by atoms with E-state index in [1.54, 1.807) is 23.5 Å². The molecule has 0 aliphatic carbocycles. The van der Waals surface area contributed by atoms with Gasteiger partial charge in [-0.05, 0) is 55.5 Å². The van der Waals surface area contributed by atoms with Crippen molar-refractivity contribution in [2.24, 2.45) is 0 Å². The molecule has 0 spiro atoms. The number of esters is 1. The second kappa shape index (κ2) is 7.22. The second-order valence-electron chi connectivity index (χ2n) is 5.18. The van der Waals surface area contributed by atoms with Crippen molar-refractivity contribution in [1.82, 2.24) is 5.32 Å². The number of thiophene rings is 1. The van der Waals surface area contributed by atoms with Gasteiger partial charge >= 0.3 is 5.97 Å². The van der Waals surface area contributed by atoms with Gasteiger partial charge in [0.05, 0.1) is 11.6 Å². The molecular weight excluding hydrogens is 298 g/mol. The number of amides is 1. The fraction of sp³-hybridized carbons (Fsp3) is 0.294. The lowest BCUT2D eigenvalue weighted by Gasteiger charge is -2.12. The van der Waals surface area contributed by atoms with Crippen LogP contribution in [-0.2, 0) is 9.53 Å². The summed E-state index contributed by atoms with van der Waals surface area (Å²) in [7, 11) is 0. The van der Waals surface area contributed by atoms with Crippen molar-refractivity contribution >= 4 is 23.2 Å². The van der Waals surface area contributed by atoms with E-state index in [9.17, 15) is 9.59 Å². The van der Waals surface area contributed by atoms with Crippen molar-refractivity contribution in [3.63, 3.8) is 0 Å². The van der Waals surface area contributed by atoms with Gasteiger partial charge in [0.1, 0.15) is 0 Å². The van der Waals surface area contributed by atoms with Gasteiger partial charge in [-0.3, -0.25) is 4.79 Å². The Kier molecular flexibility index (Phi) is 5.33. The largest absolute Gasteiger partial charge is 0.452 e. The van der Waals surface area contributed by atoms with Crippen LogP contribution in [0.1, 0.15) is 39.3 Å². The summed E-state index contributed by atoms with van der Waals surface area (Å²) in [5.41, 5.74) is 2.59. The Hall–Kier alpha value is -2.14. The summed E-state index contributed by atoms with van der Waals surface area (Å²) in [6.45, 7) is 5.53. The van der Waals surface area contributed by atoms with E-state index in [0.717, 1.165) is 16.0 Å². The Labute approximate surface area is 134 Å². The number of hydrogen-bond donors (Lipinski definition) is 1. The lowest BCUT2D eigenvalue weighted by Crippen LogP contribution is -2.30. The molecule has 22 heavy (non-hydrogen) atoms. The van der Waals surface area contributed by atoms with Crippen LogP contribution in [0.4, 0.5) is 0 Å². The first-order chi connectivity index (χ1) is 10.5. The molecule has 1 amide bonds. The van der Waals surface area contributed by atoms with Crippen molar-refractivity contribution in [2.45, 2.75) is 26.8 Å². The molecule has 1 atom stereocenters. The summed E-state index contributed by atoms with van der Waals surface area (Å²) in [4.78, 5) is 24.8. The summed E-state index contributed by atoms with van der Waals surface area (Å²) in [6, 6.07) is 9.14. The van der Waals surface area contributed by atoms with E-state index >= 15 is 0 Å². The summed E-state index contributed by atoms with van der Waals surface area (Å²) in [6.07, 6.45) is 0. The minimum Gasteiger partial charge on any atom is -0.452 e. The van der Waals surface area contributed by atoms with E-state index < -0.39 is 5.97 Å². The van der Waals surface area contributed by atoms with Gasteiger partial charge in [0.2, 0.25) is 0 Å². The highest BCUT2D eigenvalue weighted by molar-refractivity contribution is 7.10. The molecule has 2 rings (SSSR count). The van der Waals surface area contributed by atoms with Crippen molar-refractivity contribution in [2.75, 3.05) is 6.61 Å². The maximum atomic E-state index is 11.9. The number of nitrogens with one attached hydrogen (secondary N) is 1. The number of benzene rings is 1. The fourth-order valence-electron chi connectivity index (χ4n) is 1.97. The molecule has 0 fully saturated rings. The first-order valence-electron chi connectivity index (χ1n) is 7.04. The molecule has 0 bridgehead atoms. The maximum Gasteiger partial charge on any atom is 0.338 e. The third-order valence-electron chi connectivity index (χ3n) is 3.42. The third kappa shape index (κ3) is 4.18. The van der Waals surface area contributed by atoms with Crippen molar-refractivity contribution in [3.8, 4) is 0 Å². The highest BCUT2D eigenvalue weighted by Gasteiger charge is 2.14. The quantitative estimate of drug-likeness (QED) is 0.860. The summed E-state index contributed by atoms with van der Waals surface area (Å²) in [5.74, 6) is -0.792. The van der Waals surface area contributed by atoms with Gasteiger partial charge in [0.15, 0.2) is 6.61 Å². The van der Waals surface area contributed by atoms with Crippen LogP contribution in [-0.4, -0.2) is 18.5 Å². The van der Waals surface area contributed by atoms with E-state index in [4.69, 9.17) is 4.74 Å². The van der Waals surface area contributed by atoms with Crippen molar-refractivity contribution in [1.29, 1.82) is 0 Å². The zero-order valence-corrected chi connectivity index (χ0v) is 13.7. The summed E-state index contributed by atoms with van der Waals surface area (Å²) in [5, 5.41) is 4.76. The molecule has 0 unspecified atom stereocenters. The number of hydrogen-bond acceptors (Lipinski definition) is 4. The minimum absolute atomic E-state index is 0.0900. The van der Waals surface area contributed by atoms with Crippen LogP contribution in [0.2, 0.25) is 0 Å². The van der Waals surface area contributed by atoms with Crippen LogP contribution >= 0.6 is 11.3 Å². The number of carbonyl (C=O) groups excluding carboxylic acids is 2. The Balaban J connectivity index is 1.85. The van der Waals surface area contributed by atoms with Gasteiger partial charge in [-0.1, -0.05) is 12.1 Å². The minimum atomic E-state index is -0.484. The van der Waals surface area contributed by atoms with Gasteiger partial charge in [-0.15, -0.1) is 11.3 Å². The molecule has 0 aliphatic heterocycles. The highest BCUT2D eigenvalue weighted by Crippen LogP contribution is 2.17. The van der Waals surface area contributed by atoms with E-state index in [-0.39, 0.29) is 18.6 Å². The smallest absolute Gasteiger partial charge is 0.338 e. The van der Waals surface area contributed by atoms with Gasteiger partial charge in [-0.2, -0.15) is 0 Å². The lowest BCUT2D eigenvalue weighted by atomic mass is 10.1. The number of ether oxygens (including phenoxy) is 1. The molecule has 2 aromatic rings. The van der Waals surface area contributed by atoms with Gasteiger partial charge in [0, 0.05) is 4.88 Å². The highest BCUT2D eigenvalue weighted by atomic mass is 32.1. The number of rotatable bonds is 5. The SMILES string of the molecule is Cc1ccc(C(=O)OCC(=O)N[C@H](C)c2cccs2)cc1C. The average molecular weight is 317 g/mol. The molecule has 4 nitrogen and oxygen atoms in total. The van der Waals surface area contributed by atoms with Gasteiger partial charge in [0.25, 0.3) is 5.91 Å². The predicted molar refractivity (Wildman–Crippen MR) is 87.1 cm³/mol. The Morgan fingerprint density at radius 1 is 1.23 bits per heavy atom. The molecular formula is C17H19NO3S. The molecule has 1 N–H and O–H groups in total. The van der Waals surface area contributed by atoms with E-state index in [1.165, 1.54) is 0 Å². The summed E-state index contributed by atoms with van der Waals surface area (Å²) >= 11 is 1.57. The number of carbonyl (C=O) groups is 2. The van der Waals surface area contributed by atoms with Crippen molar-refractivity contribution in [3.05, 3.63) is 57.3 Å². The topological polar surface area (TPSA) is 55.4 Å². The average Bonchev–Trinajstić information content (AvgIpc) is 3.02. The maximum absolute atomic E-state index is 11.9.